The number of nitrogens with zero attached hydrogens (tertiary/aromatic N) is 3. The second-order valence-corrected chi connectivity index (χ2v) is 4.55. The van der Waals surface area contributed by atoms with Crippen LogP contribution < -0.4 is 10.6 Å². The van der Waals surface area contributed by atoms with E-state index in [9.17, 15) is 13.6 Å². The van der Waals surface area contributed by atoms with Crippen molar-refractivity contribution in [2.24, 2.45) is 7.05 Å². The lowest BCUT2D eigenvalue weighted by Crippen LogP contribution is -2.31. The van der Waals surface area contributed by atoms with Gasteiger partial charge >= 0.3 is 0 Å². The minimum atomic E-state index is -0.815. The van der Waals surface area contributed by atoms with Crippen LogP contribution >= 0.6 is 0 Å². The summed E-state index contributed by atoms with van der Waals surface area (Å²) >= 11 is 0. The minimum Gasteiger partial charge on any atom is -0.320 e. The zero-order chi connectivity index (χ0) is 15.4. The molecule has 0 spiro atoms. The summed E-state index contributed by atoms with van der Waals surface area (Å²) in [5.41, 5.74) is -0.449. The molecule has 8 heteroatoms. The Bertz CT molecular complexity index is 623. The average Bonchev–Trinajstić information content (AvgIpc) is 2.87. The van der Waals surface area contributed by atoms with Gasteiger partial charge in [-0.15, -0.1) is 10.2 Å². The smallest absolute Gasteiger partial charge is 0.238 e. The highest BCUT2D eigenvalue weighted by Crippen LogP contribution is 2.17. The van der Waals surface area contributed by atoms with Crippen LogP contribution in [0.3, 0.4) is 0 Å². The molecule has 0 aliphatic carbocycles. The summed E-state index contributed by atoms with van der Waals surface area (Å²) in [5.74, 6) is -1.53. The standard InChI is InChI=1S/C13H15F2N5O/c1-8(13-19-17-7-20(13)2)16-6-11(21)18-12-9(14)4-3-5-10(12)15/h3-5,7-8,16H,6H2,1-2H3,(H,18,21). The lowest BCUT2D eigenvalue weighted by atomic mass is 10.3. The highest BCUT2D eigenvalue weighted by molar-refractivity contribution is 5.92. The van der Waals surface area contributed by atoms with E-state index in [1.807, 2.05) is 0 Å². The van der Waals surface area contributed by atoms with E-state index in [1.165, 1.54) is 6.07 Å². The van der Waals surface area contributed by atoms with E-state index in [2.05, 4.69) is 20.8 Å². The third-order valence-electron chi connectivity index (χ3n) is 2.93. The number of carbonyl (C=O) groups excluding carboxylic acids is 1. The number of rotatable bonds is 5. The summed E-state index contributed by atoms with van der Waals surface area (Å²) in [7, 11) is 1.78. The van der Waals surface area contributed by atoms with E-state index in [1.54, 1.807) is 24.9 Å². The van der Waals surface area contributed by atoms with Gasteiger partial charge in [-0.2, -0.15) is 0 Å². The Kier molecular flexibility index (Phi) is 4.59. The molecule has 1 aromatic heterocycles. The van der Waals surface area contributed by atoms with Crippen molar-refractivity contribution in [2.45, 2.75) is 13.0 Å². The van der Waals surface area contributed by atoms with Gasteiger partial charge in [0.05, 0.1) is 12.6 Å². The zero-order valence-electron chi connectivity index (χ0n) is 11.6. The Balaban J connectivity index is 1.92. The van der Waals surface area contributed by atoms with E-state index >= 15 is 0 Å². The SMILES string of the molecule is CC(NCC(=O)Nc1c(F)cccc1F)c1nncn1C. The monoisotopic (exact) mass is 295 g/mol. The van der Waals surface area contributed by atoms with Crippen LogP contribution in [0.1, 0.15) is 18.8 Å². The molecule has 1 heterocycles. The summed E-state index contributed by atoms with van der Waals surface area (Å²) in [6, 6.07) is 3.16. The second-order valence-electron chi connectivity index (χ2n) is 4.55. The number of aromatic nitrogens is 3. The number of nitrogens with one attached hydrogen (secondary N) is 2. The van der Waals surface area contributed by atoms with Gasteiger partial charge in [0, 0.05) is 7.05 Å². The molecule has 6 nitrogen and oxygen atoms in total. The van der Waals surface area contributed by atoms with Crippen molar-refractivity contribution in [3.63, 3.8) is 0 Å². The molecule has 2 rings (SSSR count). The Morgan fingerprint density at radius 2 is 2.05 bits per heavy atom. The molecule has 0 fully saturated rings. The highest BCUT2D eigenvalue weighted by Gasteiger charge is 2.15. The number of benzene rings is 1. The van der Waals surface area contributed by atoms with Crippen molar-refractivity contribution >= 4 is 11.6 Å². The van der Waals surface area contributed by atoms with Gasteiger partial charge in [-0.1, -0.05) is 6.07 Å². The number of aryl methyl sites for hydroxylation is 1. The number of hydrogen-bond acceptors (Lipinski definition) is 4. The highest BCUT2D eigenvalue weighted by atomic mass is 19.1. The van der Waals surface area contributed by atoms with Gasteiger partial charge in [-0.05, 0) is 19.1 Å². The fourth-order valence-corrected chi connectivity index (χ4v) is 1.82. The molecule has 2 aromatic rings. The number of halogens is 2. The van der Waals surface area contributed by atoms with Crippen molar-refractivity contribution in [1.82, 2.24) is 20.1 Å². The molecule has 1 amide bonds. The lowest BCUT2D eigenvalue weighted by molar-refractivity contribution is -0.115. The molecule has 1 aromatic carbocycles. The molecule has 2 N–H and O–H groups in total. The van der Waals surface area contributed by atoms with Crippen LogP contribution in [-0.4, -0.2) is 27.2 Å². The van der Waals surface area contributed by atoms with Gasteiger partial charge in [-0.25, -0.2) is 8.78 Å². The molecule has 0 saturated heterocycles. The fourth-order valence-electron chi connectivity index (χ4n) is 1.82. The average molecular weight is 295 g/mol. The summed E-state index contributed by atoms with van der Waals surface area (Å²) < 4.78 is 28.5. The van der Waals surface area contributed by atoms with Gasteiger partial charge in [0.2, 0.25) is 5.91 Å². The van der Waals surface area contributed by atoms with E-state index in [4.69, 9.17) is 0 Å². The van der Waals surface area contributed by atoms with Crippen LogP contribution in [0, 0.1) is 11.6 Å². The molecule has 0 aliphatic rings. The maximum Gasteiger partial charge on any atom is 0.238 e. The van der Waals surface area contributed by atoms with Crippen LogP contribution in [0.5, 0.6) is 0 Å². The van der Waals surface area contributed by atoms with E-state index in [-0.39, 0.29) is 12.6 Å². The first kappa shape index (κ1) is 15.0. The molecule has 21 heavy (non-hydrogen) atoms. The van der Waals surface area contributed by atoms with E-state index < -0.39 is 23.2 Å². The topological polar surface area (TPSA) is 71.8 Å². The number of carbonyl (C=O) groups is 1. The summed E-state index contributed by atoms with van der Waals surface area (Å²) in [4.78, 5) is 11.7. The Hall–Kier alpha value is -2.35. The Labute approximate surface area is 120 Å². The van der Waals surface area contributed by atoms with Gasteiger partial charge < -0.3 is 9.88 Å². The van der Waals surface area contributed by atoms with Crippen LogP contribution in [0.25, 0.3) is 0 Å². The van der Waals surface area contributed by atoms with Gasteiger partial charge in [0.25, 0.3) is 0 Å². The number of para-hydroxylation sites is 1. The minimum absolute atomic E-state index is 0.109. The second kappa shape index (κ2) is 6.40. The fraction of sp³-hybridized carbons (Fsp3) is 0.308. The molecule has 0 saturated carbocycles. The lowest BCUT2D eigenvalue weighted by Gasteiger charge is -2.13. The van der Waals surface area contributed by atoms with E-state index in [0.29, 0.717) is 5.82 Å². The van der Waals surface area contributed by atoms with Gasteiger partial charge in [0.15, 0.2) is 0 Å². The van der Waals surface area contributed by atoms with Gasteiger partial charge in [-0.3, -0.25) is 10.1 Å². The van der Waals surface area contributed by atoms with Crippen LogP contribution in [-0.2, 0) is 11.8 Å². The summed E-state index contributed by atoms with van der Waals surface area (Å²) in [5, 5.41) is 12.7. The third kappa shape index (κ3) is 3.60. The van der Waals surface area contributed by atoms with Crippen LogP contribution in [0.4, 0.5) is 14.5 Å². The Morgan fingerprint density at radius 1 is 1.38 bits per heavy atom. The third-order valence-corrected chi connectivity index (χ3v) is 2.93. The molecule has 112 valence electrons. The van der Waals surface area contributed by atoms with E-state index in [0.717, 1.165) is 12.1 Å². The van der Waals surface area contributed by atoms with Crippen molar-refractivity contribution in [2.75, 3.05) is 11.9 Å². The first-order valence-electron chi connectivity index (χ1n) is 6.30. The zero-order valence-corrected chi connectivity index (χ0v) is 11.6. The molecule has 1 unspecified atom stereocenters. The summed E-state index contributed by atoms with van der Waals surface area (Å²) in [6.07, 6.45) is 1.54. The van der Waals surface area contributed by atoms with Crippen molar-refractivity contribution in [3.8, 4) is 0 Å². The van der Waals surface area contributed by atoms with Crippen LogP contribution in [0.15, 0.2) is 24.5 Å². The quantitative estimate of drug-likeness (QED) is 0.874. The molecular weight excluding hydrogens is 280 g/mol. The summed E-state index contributed by atoms with van der Waals surface area (Å²) in [6.45, 7) is 1.70. The normalized spacial score (nSPS) is 12.2. The largest absolute Gasteiger partial charge is 0.320 e. The van der Waals surface area contributed by atoms with Crippen LogP contribution in [0.2, 0.25) is 0 Å². The maximum atomic E-state index is 13.4. The van der Waals surface area contributed by atoms with Gasteiger partial charge in [0.1, 0.15) is 29.5 Å². The van der Waals surface area contributed by atoms with Crippen molar-refractivity contribution < 1.29 is 13.6 Å². The molecule has 0 bridgehead atoms. The van der Waals surface area contributed by atoms with Crippen molar-refractivity contribution in [1.29, 1.82) is 0 Å². The molecular formula is C13H15F2N5O. The first-order valence-corrected chi connectivity index (χ1v) is 6.30. The maximum absolute atomic E-state index is 13.4. The number of anilines is 1. The Morgan fingerprint density at radius 3 is 2.62 bits per heavy atom. The molecule has 0 radical (unpaired) electrons. The predicted octanol–water partition coefficient (Wildman–Crippen LogP) is 1.38. The number of hydrogen-bond donors (Lipinski definition) is 2. The predicted molar refractivity (Wildman–Crippen MR) is 72.4 cm³/mol. The van der Waals surface area contributed by atoms with Crippen molar-refractivity contribution in [3.05, 3.63) is 42.0 Å². The first-order chi connectivity index (χ1) is 9.99. The number of amides is 1. The molecule has 1 atom stereocenters. The molecule has 0 aliphatic heterocycles.